The fourth-order valence-corrected chi connectivity index (χ4v) is 3.17. The molecule has 0 saturated carbocycles. The minimum atomic E-state index is -3.69. The van der Waals surface area contributed by atoms with Crippen molar-refractivity contribution < 1.29 is 17.5 Å². The van der Waals surface area contributed by atoms with E-state index >= 15 is 0 Å². The minimum absolute atomic E-state index is 0.0778. The van der Waals surface area contributed by atoms with Crippen LogP contribution in [-0.4, -0.2) is 35.1 Å². The fraction of sp³-hybridized carbons (Fsp3) is 0.308. The molecule has 0 atom stereocenters. The highest BCUT2D eigenvalue weighted by atomic mass is 32.2. The van der Waals surface area contributed by atoms with Gasteiger partial charge in [0.25, 0.3) is 5.71 Å². The van der Waals surface area contributed by atoms with Gasteiger partial charge < -0.3 is 9.05 Å². The molecule has 3 aromatic heterocycles. The van der Waals surface area contributed by atoms with Gasteiger partial charge in [0.05, 0.1) is 29.5 Å². The Balaban J connectivity index is 1.94. The third kappa shape index (κ3) is 2.48. The molecule has 116 valence electrons. The number of hydrogen-bond acceptors (Lipinski definition) is 7. The normalized spacial score (nSPS) is 12.4. The predicted molar refractivity (Wildman–Crippen MR) is 76.4 cm³/mol. The molecule has 0 N–H and O–H groups in total. The molecule has 0 radical (unpaired) electrons. The SMILES string of the molecule is Cc1cc(CN(C)S(=O)(=O)c2cnc3onc(C)c3c2)no1. The van der Waals surface area contributed by atoms with Gasteiger partial charge in [-0.15, -0.1) is 0 Å². The molecule has 0 saturated heterocycles. The molecule has 3 aromatic rings. The van der Waals surface area contributed by atoms with E-state index in [4.69, 9.17) is 9.05 Å². The second kappa shape index (κ2) is 5.18. The van der Waals surface area contributed by atoms with Crippen LogP contribution in [0.15, 0.2) is 32.3 Å². The molecule has 0 bridgehead atoms. The van der Waals surface area contributed by atoms with Crippen LogP contribution in [0, 0.1) is 13.8 Å². The molecule has 0 fully saturated rings. The van der Waals surface area contributed by atoms with Crippen molar-refractivity contribution >= 4 is 21.1 Å². The van der Waals surface area contributed by atoms with Gasteiger partial charge in [-0.25, -0.2) is 13.4 Å². The molecule has 0 spiro atoms. The number of nitrogens with zero attached hydrogens (tertiary/aromatic N) is 4. The number of aryl methyl sites for hydroxylation is 2. The molecule has 3 heterocycles. The van der Waals surface area contributed by atoms with Crippen LogP contribution in [0.4, 0.5) is 0 Å². The first kappa shape index (κ1) is 14.7. The summed E-state index contributed by atoms with van der Waals surface area (Å²) in [4.78, 5) is 4.07. The smallest absolute Gasteiger partial charge is 0.257 e. The molecule has 0 amide bonds. The van der Waals surface area contributed by atoms with Crippen molar-refractivity contribution in [2.45, 2.75) is 25.3 Å². The van der Waals surface area contributed by atoms with Gasteiger partial charge in [-0.1, -0.05) is 10.3 Å². The molecule has 22 heavy (non-hydrogen) atoms. The molecule has 3 rings (SSSR count). The van der Waals surface area contributed by atoms with Crippen LogP contribution in [-0.2, 0) is 16.6 Å². The van der Waals surface area contributed by atoms with E-state index in [9.17, 15) is 8.42 Å². The Morgan fingerprint density at radius 3 is 2.64 bits per heavy atom. The van der Waals surface area contributed by atoms with E-state index in [0.29, 0.717) is 28.2 Å². The van der Waals surface area contributed by atoms with E-state index in [1.807, 2.05) is 0 Å². The fourth-order valence-electron chi connectivity index (χ4n) is 2.05. The number of hydrogen-bond donors (Lipinski definition) is 0. The molecule has 0 aliphatic carbocycles. The number of rotatable bonds is 4. The molecule has 0 aliphatic rings. The van der Waals surface area contributed by atoms with Crippen LogP contribution in [0.3, 0.4) is 0 Å². The largest absolute Gasteiger partial charge is 0.361 e. The minimum Gasteiger partial charge on any atom is -0.361 e. The third-order valence-corrected chi connectivity index (χ3v) is 5.02. The van der Waals surface area contributed by atoms with Gasteiger partial charge in [-0.2, -0.15) is 4.31 Å². The summed E-state index contributed by atoms with van der Waals surface area (Å²) in [5.74, 6) is 0.629. The van der Waals surface area contributed by atoms with Crippen molar-refractivity contribution in [1.82, 2.24) is 19.6 Å². The highest BCUT2D eigenvalue weighted by Crippen LogP contribution is 2.22. The lowest BCUT2D eigenvalue weighted by Crippen LogP contribution is -2.26. The van der Waals surface area contributed by atoms with E-state index in [1.165, 1.54) is 23.6 Å². The predicted octanol–water partition coefficient (Wildman–Crippen LogP) is 1.65. The molecule has 8 nitrogen and oxygen atoms in total. The van der Waals surface area contributed by atoms with Crippen LogP contribution < -0.4 is 0 Å². The summed E-state index contributed by atoms with van der Waals surface area (Å²) in [6.45, 7) is 3.59. The number of aromatic nitrogens is 3. The zero-order valence-electron chi connectivity index (χ0n) is 12.3. The van der Waals surface area contributed by atoms with Gasteiger partial charge >= 0.3 is 0 Å². The maximum Gasteiger partial charge on any atom is 0.257 e. The Morgan fingerprint density at radius 1 is 1.18 bits per heavy atom. The van der Waals surface area contributed by atoms with E-state index < -0.39 is 10.0 Å². The average Bonchev–Trinajstić information content (AvgIpc) is 3.05. The topological polar surface area (TPSA) is 102 Å². The first-order valence-corrected chi connectivity index (χ1v) is 7.92. The first-order chi connectivity index (χ1) is 10.4. The zero-order valence-corrected chi connectivity index (χ0v) is 13.1. The molecule has 0 aromatic carbocycles. The monoisotopic (exact) mass is 322 g/mol. The molecular weight excluding hydrogens is 308 g/mol. The van der Waals surface area contributed by atoms with Crippen LogP contribution >= 0.6 is 0 Å². The standard InChI is InChI=1S/C13H14N4O4S/c1-8-4-10(16-20-8)7-17(3)22(18,19)11-5-12-9(2)15-21-13(12)14-6-11/h4-6H,7H2,1-3H3. The van der Waals surface area contributed by atoms with E-state index in [-0.39, 0.29) is 11.4 Å². The Bertz CT molecular complexity index is 929. The molecular formula is C13H14N4O4S. The Kier molecular flexibility index (Phi) is 3.45. The van der Waals surface area contributed by atoms with E-state index in [2.05, 4.69) is 15.3 Å². The Labute approximate surface area is 126 Å². The van der Waals surface area contributed by atoms with Gasteiger partial charge in [-0.3, -0.25) is 0 Å². The summed E-state index contributed by atoms with van der Waals surface area (Å²) in [7, 11) is -2.22. The lowest BCUT2D eigenvalue weighted by molar-refractivity contribution is 0.378. The lowest BCUT2D eigenvalue weighted by atomic mass is 10.3. The maximum atomic E-state index is 12.6. The molecule has 9 heteroatoms. The first-order valence-electron chi connectivity index (χ1n) is 6.48. The van der Waals surface area contributed by atoms with Crippen molar-refractivity contribution in [1.29, 1.82) is 0 Å². The van der Waals surface area contributed by atoms with Crippen LogP contribution in [0.1, 0.15) is 17.1 Å². The van der Waals surface area contributed by atoms with Crippen molar-refractivity contribution in [3.8, 4) is 0 Å². The summed E-state index contributed by atoms with van der Waals surface area (Å²) >= 11 is 0. The van der Waals surface area contributed by atoms with Gasteiger partial charge in [-0.05, 0) is 19.9 Å². The lowest BCUT2D eigenvalue weighted by Gasteiger charge is -2.15. The second-order valence-corrected chi connectivity index (χ2v) is 7.03. The van der Waals surface area contributed by atoms with Crippen molar-refractivity contribution in [2.24, 2.45) is 0 Å². The van der Waals surface area contributed by atoms with Gasteiger partial charge in [0.2, 0.25) is 10.0 Å². The number of pyridine rings is 1. The summed E-state index contributed by atoms with van der Waals surface area (Å²) in [5.41, 5.74) is 1.44. The highest BCUT2D eigenvalue weighted by Gasteiger charge is 2.23. The van der Waals surface area contributed by atoms with Crippen LogP contribution in [0.25, 0.3) is 11.1 Å². The zero-order chi connectivity index (χ0) is 15.9. The van der Waals surface area contributed by atoms with Crippen molar-refractivity contribution in [3.05, 3.63) is 35.5 Å². The summed E-state index contributed by atoms with van der Waals surface area (Å²) < 4.78 is 36.3. The van der Waals surface area contributed by atoms with Gasteiger partial charge in [0, 0.05) is 13.1 Å². The third-order valence-electron chi connectivity index (χ3n) is 3.25. The molecule has 0 aliphatic heterocycles. The average molecular weight is 322 g/mol. The van der Waals surface area contributed by atoms with Crippen molar-refractivity contribution in [3.63, 3.8) is 0 Å². The van der Waals surface area contributed by atoms with Crippen LogP contribution in [0.2, 0.25) is 0 Å². The quantitative estimate of drug-likeness (QED) is 0.719. The highest BCUT2D eigenvalue weighted by molar-refractivity contribution is 7.89. The summed E-state index contributed by atoms with van der Waals surface area (Å²) in [5, 5.41) is 8.14. The molecule has 0 unspecified atom stereocenters. The Morgan fingerprint density at radius 2 is 1.95 bits per heavy atom. The second-order valence-electron chi connectivity index (χ2n) is 4.98. The Hall–Kier alpha value is -2.26. The van der Waals surface area contributed by atoms with Crippen molar-refractivity contribution in [2.75, 3.05) is 7.05 Å². The summed E-state index contributed by atoms with van der Waals surface area (Å²) in [6, 6.07) is 3.20. The number of fused-ring (bicyclic) bond motifs is 1. The maximum absolute atomic E-state index is 12.6. The summed E-state index contributed by atoms with van der Waals surface area (Å²) in [6.07, 6.45) is 1.26. The van der Waals surface area contributed by atoms with Gasteiger partial charge in [0.1, 0.15) is 10.7 Å². The van der Waals surface area contributed by atoms with E-state index in [0.717, 1.165) is 0 Å². The number of sulfonamides is 1. The van der Waals surface area contributed by atoms with Crippen LogP contribution in [0.5, 0.6) is 0 Å². The van der Waals surface area contributed by atoms with E-state index in [1.54, 1.807) is 19.9 Å². The van der Waals surface area contributed by atoms with Gasteiger partial charge in [0.15, 0.2) is 0 Å².